The molecule has 0 aliphatic carbocycles. The van der Waals surface area contributed by atoms with Crippen LogP contribution in [0.25, 0.3) is 0 Å². The molecule has 0 spiro atoms. The van der Waals surface area contributed by atoms with Gasteiger partial charge in [-0.2, -0.15) is 0 Å². The maximum atomic E-state index is 11.9. The first kappa shape index (κ1) is 20.5. The van der Waals surface area contributed by atoms with Crippen molar-refractivity contribution < 1.29 is 9.53 Å². The van der Waals surface area contributed by atoms with Crippen LogP contribution in [0.5, 0.6) is 0 Å². The van der Waals surface area contributed by atoms with Crippen LogP contribution in [-0.2, 0) is 9.53 Å². The molecule has 0 unspecified atom stereocenters. The SMILES string of the molecule is COCCNCC(=O)Nc1cc(Cl)ccc1SC(C)C.Cl. The molecule has 0 radical (unpaired) electrons. The van der Waals surface area contributed by atoms with Gasteiger partial charge >= 0.3 is 0 Å². The number of hydrogen-bond donors (Lipinski definition) is 2. The third kappa shape index (κ3) is 8.53. The van der Waals surface area contributed by atoms with Gasteiger partial charge in [0.2, 0.25) is 5.91 Å². The second-order valence-electron chi connectivity index (χ2n) is 4.52. The fourth-order valence-corrected chi connectivity index (χ4v) is 2.59. The summed E-state index contributed by atoms with van der Waals surface area (Å²) >= 11 is 7.68. The number of benzene rings is 1. The number of hydrogen-bond acceptors (Lipinski definition) is 4. The molecule has 7 heteroatoms. The smallest absolute Gasteiger partial charge is 0.238 e. The van der Waals surface area contributed by atoms with Crippen molar-refractivity contribution in [1.29, 1.82) is 0 Å². The number of nitrogens with one attached hydrogen (secondary N) is 2. The van der Waals surface area contributed by atoms with Crippen molar-refractivity contribution in [3.8, 4) is 0 Å². The van der Waals surface area contributed by atoms with E-state index < -0.39 is 0 Å². The Bertz CT molecular complexity index is 445. The Kier molecular flexibility index (Phi) is 10.9. The van der Waals surface area contributed by atoms with Crippen molar-refractivity contribution in [3.05, 3.63) is 23.2 Å². The highest BCUT2D eigenvalue weighted by molar-refractivity contribution is 8.00. The lowest BCUT2D eigenvalue weighted by atomic mass is 10.3. The van der Waals surface area contributed by atoms with Crippen molar-refractivity contribution in [2.24, 2.45) is 0 Å². The highest BCUT2D eigenvalue weighted by Crippen LogP contribution is 2.32. The predicted octanol–water partition coefficient (Wildman–Crippen LogP) is 3.44. The largest absolute Gasteiger partial charge is 0.383 e. The van der Waals surface area contributed by atoms with Gasteiger partial charge < -0.3 is 15.4 Å². The summed E-state index contributed by atoms with van der Waals surface area (Å²) < 4.78 is 4.91. The maximum absolute atomic E-state index is 11.9. The van der Waals surface area contributed by atoms with E-state index in [2.05, 4.69) is 24.5 Å². The number of halogens is 2. The molecule has 0 saturated carbocycles. The molecule has 1 amide bonds. The quantitative estimate of drug-likeness (QED) is 0.555. The molecular weight excluding hydrogens is 331 g/mol. The molecule has 0 saturated heterocycles. The molecule has 1 aromatic carbocycles. The summed E-state index contributed by atoms with van der Waals surface area (Å²) in [6.07, 6.45) is 0. The second kappa shape index (κ2) is 11.2. The van der Waals surface area contributed by atoms with Crippen LogP contribution in [0.3, 0.4) is 0 Å². The zero-order chi connectivity index (χ0) is 15.0. The first-order chi connectivity index (χ1) is 9.52. The minimum Gasteiger partial charge on any atom is -0.383 e. The molecule has 4 nitrogen and oxygen atoms in total. The van der Waals surface area contributed by atoms with Gasteiger partial charge in [0, 0.05) is 28.8 Å². The molecule has 0 heterocycles. The van der Waals surface area contributed by atoms with Crippen molar-refractivity contribution in [1.82, 2.24) is 5.32 Å². The Hall–Kier alpha value is -0.460. The standard InChI is InChI=1S/C14H21ClN2O2S.ClH/c1-10(2)20-13-5-4-11(15)8-12(13)17-14(18)9-16-6-7-19-3;/h4-5,8,10,16H,6-7,9H2,1-3H3,(H,17,18);1H. The Morgan fingerprint density at radius 2 is 2.14 bits per heavy atom. The molecule has 2 N–H and O–H groups in total. The molecule has 0 fully saturated rings. The predicted molar refractivity (Wildman–Crippen MR) is 93.1 cm³/mol. The molecule has 120 valence electrons. The van der Waals surface area contributed by atoms with Crippen molar-refractivity contribution >= 4 is 47.4 Å². The first-order valence-corrected chi connectivity index (χ1v) is 7.74. The summed E-state index contributed by atoms with van der Waals surface area (Å²) in [5.74, 6) is -0.0889. The van der Waals surface area contributed by atoms with Gasteiger partial charge in [-0.1, -0.05) is 25.4 Å². The van der Waals surface area contributed by atoms with Crippen molar-refractivity contribution in [2.45, 2.75) is 24.0 Å². The van der Waals surface area contributed by atoms with Crippen LogP contribution in [0.4, 0.5) is 5.69 Å². The number of ether oxygens (including phenoxy) is 1. The molecule has 1 aromatic rings. The molecule has 21 heavy (non-hydrogen) atoms. The topological polar surface area (TPSA) is 50.4 Å². The van der Waals surface area contributed by atoms with Crippen LogP contribution >= 0.6 is 35.8 Å². The van der Waals surface area contributed by atoms with Crippen LogP contribution in [0.1, 0.15) is 13.8 Å². The third-order valence-electron chi connectivity index (χ3n) is 2.35. The number of thioether (sulfide) groups is 1. The zero-order valence-electron chi connectivity index (χ0n) is 12.4. The first-order valence-electron chi connectivity index (χ1n) is 6.48. The number of methoxy groups -OCH3 is 1. The van der Waals surface area contributed by atoms with Gasteiger partial charge in [-0.25, -0.2) is 0 Å². The van der Waals surface area contributed by atoms with E-state index >= 15 is 0 Å². The van der Waals surface area contributed by atoms with Crippen molar-refractivity contribution in [3.63, 3.8) is 0 Å². The van der Waals surface area contributed by atoms with Gasteiger partial charge in [0.25, 0.3) is 0 Å². The molecule has 0 aliphatic heterocycles. The van der Waals surface area contributed by atoms with Crippen LogP contribution in [-0.4, -0.2) is 38.0 Å². The number of carbonyl (C=O) groups is 1. The molecule has 0 atom stereocenters. The minimum absolute atomic E-state index is 0. The Morgan fingerprint density at radius 1 is 1.43 bits per heavy atom. The fraction of sp³-hybridized carbons (Fsp3) is 0.500. The third-order valence-corrected chi connectivity index (χ3v) is 3.66. The normalized spacial score (nSPS) is 10.3. The van der Waals surface area contributed by atoms with Crippen molar-refractivity contribution in [2.75, 3.05) is 32.1 Å². The zero-order valence-corrected chi connectivity index (χ0v) is 14.8. The number of amides is 1. The van der Waals surface area contributed by atoms with E-state index in [1.165, 1.54) is 0 Å². The van der Waals surface area contributed by atoms with Gasteiger partial charge in [-0.05, 0) is 18.2 Å². The molecule has 0 bridgehead atoms. The number of rotatable bonds is 8. The second-order valence-corrected chi connectivity index (χ2v) is 6.58. The Labute approximate surface area is 141 Å². The Balaban J connectivity index is 0.00000400. The van der Waals surface area contributed by atoms with Gasteiger partial charge in [0.15, 0.2) is 0 Å². The van der Waals surface area contributed by atoms with Crippen LogP contribution in [0.2, 0.25) is 5.02 Å². The summed E-state index contributed by atoms with van der Waals surface area (Å²) in [4.78, 5) is 12.9. The molecule has 0 aliphatic rings. The summed E-state index contributed by atoms with van der Waals surface area (Å²) in [6.45, 7) is 5.70. The lowest BCUT2D eigenvalue weighted by molar-refractivity contribution is -0.115. The van der Waals surface area contributed by atoms with Gasteiger partial charge in [-0.3, -0.25) is 4.79 Å². The maximum Gasteiger partial charge on any atom is 0.238 e. The average molecular weight is 353 g/mol. The van der Waals surface area contributed by atoms with Gasteiger partial charge in [0.05, 0.1) is 18.8 Å². The number of anilines is 1. The number of carbonyl (C=O) groups excluding carboxylic acids is 1. The summed E-state index contributed by atoms with van der Waals surface area (Å²) in [5, 5.41) is 6.94. The van der Waals surface area contributed by atoms with Crippen LogP contribution < -0.4 is 10.6 Å². The molecular formula is C14H22Cl2N2O2S. The van der Waals surface area contributed by atoms with E-state index in [9.17, 15) is 4.79 Å². The summed E-state index contributed by atoms with van der Waals surface area (Å²) in [6, 6.07) is 5.54. The monoisotopic (exact) mass is 352 g/mol. The van der Waals surface area contributed by atoms with E-state index in [0.717, 1.165) is 10.6 Å². The van der Waals surface area contributed by atoms with Crippen LogP contribution in [0, 0.1) is 0 Å². The van der Waals surface area contributed by atoms with E-state index in [1.807, 2.05) is 12.1 Å². The summed E-state index contributed by atoms with van der Waals surface area (Å²) in [7, 11) is 1.63. The fourth-order valence-electron chi connectivity index (χ4n) is 1.53. The van der Waals surface area contributed by atoms with Crippen LogP contribution in [0.15, 0.2) is 23.1 Å². The van der Waals surface area contributed by atoms with E-state index in [1.54, 1.807) is 24.9 Å². The minimum atomic E-state index is -0.0889. The molecule has 1 rings (SSSR count). The van der Waals surface area contributed by atoms with Gasteiger partial charge in [-0.15, -0.1) is 24.2 Å². The lowest BCUT2D eigenvalue weighted by Crippen LogP contribution is -2.30. The van der Waals surface area contributed by atoms with Gasteiger partial charge in [0.1, 0.15) is 0 Å². The van der Waals surface area contributed by atoms with E-state index in [0.29, 0.717) is 23.4 Å². The lowest BCUT2D eigenvalue weighted by Gasteiger charge is -2.13. The van der Waals surface area contributed by atoms with E-state index in [-0.39, 0.29) is 24.9 Å². The Morgan fingerprint density at radius 3 is 2.76 bits per heavy atom. The summed E-state index contributed by atoms with van der Waals surface area (Å²) in [5.41, 5.74) is 0.759. The molecule has 0 aromatic heterocycles. The highest BCUT2D eigenvalue weighted by Gasteiger charge is 2.09. The average Bonchev–Trinajstić information content (AvgIpc) is 2.37. The van der Waals surface area contributed by atoms with E-state index in [4.69, 9.17) is 16.3 Å². The highest BCUT2D eigenvalue weighted by atomic mass is 35.5.